The van der Waals surface area contributed by atoms with Gasteiger partial charge in [-0.3, -0.25) is 14.4 Å². The summed E-state index contributed by atoms with van der Waals surface area (Å²) in [5.74, 6) is -2.38. The minimum atomic E-state index is -1.62. The summed E-state index contributed by atoms with van der Waals surface area (Å²) >= 11 is 0. The number of aliphatic hydroxyl groups is 1. The number of carbonyl (C=O) groups is 4. The number of carbonyl (C=O) groups excluding carboxylic acids is 4. The molecule has 1 unspecified atom stereocenters. The second-order valence-electron chi connectivity index (χ2n) is 9.52. The van der Waals surface area contributed by atoms with Gasteiger partial charge in [-0.25, -0.2) is 4.79 Å². The zero-order valence-corrected chi connectivity index (χ0v) is 20.9. The summed E-state index contributed by atoms with van der Waals surface area (Å²) in [7, 11) is 0. The zero-order chi connectivity index (χ0) is 26.8. The van der Waals surface area contributed by atoms with E-state index in [1.807, 2.05) is 0 Å². The molecule has 0 bridgehead atoms. The predicted molar refractivity (Wildman–Crippen MR) is 121 cm³/mol. The Labute approximate surface area is 208 Å². The van der Waals surface area contributed by atoms with Crippen molar-refractivity contribution in [1.82, 2.24) is 5.32 Å². The number of hydrogen-bond acceptors (Lipinski definition) is 11. The molecule has 1 amide bonds. The van der Waals surface area contributed by atoms with Gasteiger partial charge in [0.1, 0.15) is 17.8 Å². The lowest BCUT2D eigenvalue weighted by molar-refractivity contribution is -0.208. The standard InChI is InChI=1S/C24H31NO11/c1-11(26)33-20-17(14-7-8-15-16(9-14)32-10-31-15)18(25-23(30)36-24(4,5)6)21(34-12(2)27)22(19(20)29)35-13(3)28/h7-9,17-22,29H,10H2,1-6H3,(H,25,30)/t17-,18-,19+,20?,21+,22-/m1/s1. The molecule has 1 aliphatic carbocycles. The molecule has 0 spiro atoms. The molecular formula is C24H31NO11. The second kappa shape index (κ2) is 10.6. The van der Waals surface area contributed by atoms with Gasteiger partial charge < -0.3 is 38.8 Å². The maximum absolute atomic E-state index is 12.9. The van der Waals surface area contributed by atoms with Crippen molar-refractivity contribution in [3.05, 3.63) is 23.8 Å². The highest BCUT2D eigenvalue weighted by Crippen LogP contribution is 2.42. The van der Waals surface area contributed by atoms with Gasteiger partial charge in [0.25, 0.3) is 0 Å². The molecule has 0 radical (unpaired) electrons. The van der Waals surface area contributed by atoms with E-state index in [4.69, 9.17) is 28.4 Å². The van der Waals surface area contributed by atoms with Crippen LogP contribution < -0.4 is 14.8 Å². The van der Waals surface area contributed by atoms with E-state index in [1.165, 1.54) is 0 Å². The lowest BCUT2D eigenvalue weighted by Crippen LogP contribution is -2.67. The van der Waals surface area contributed by atoms with Crippen molar-refractivity contribution < 1.29 is 52.7 Å². The van der Waals surface area contributed by atoms with E-state index in [0.29, 0.717) is 17.1 Å². The van der Waals surface area contributed by atoms with Gasteiger partial charge in [0.15, 0.2) is 23.7 Å². The number of fused-ring (bicyclic) bond motifs is 1. The molecule has 2 N–H and O–H groups in total. The first kappa shape index (κ1) is 27.1. The minimum absolute atomic E-state index is 0.00361. The van der Waals surface area contributed by atoms with E-state index in [0.717, 1.165) is 20.8 Å². The number of benzene rings is 1. The van der Waals surface area contributed by atoms with Crippen LogP contribution in [0.25, 0.3) is 0 Å². The van der Waals surface area contributed by atoms with E-state index < -0.39 is 66.0 Å². The van der Waals surface area contributed by atoms with Crippen molar-refractivity contribution in [1.29, 1.82) is 0 Å². The first-order valence-corrected chi connectivity index (χ1v) is 11.4. The van der Waals surface area contributed by atoms with Gasteiger partial charge >= 0.3 is 24.0 Å². The Kier molecular flexibility index (Phi) is 7.97. The lowest BCUT2D eigenvalue weighted by atomic mass is 9.73. The lowest BCUT2D eigenvalue weighted by Gasteiger charge is -2.47. The van der Waals surface area contributed by atoms with Gasteiger partial charge in [-0.2, -0.15) is 0 Å². The number of rotatable bonds is 5. The van der Waals surface area contributed by atoms with Crippen molar-refractivity contribution in [3.8, 4) is 11.5 Å². The Morgan fingerprint density at radius 1 is 0.889 bits per heavy atom. The van der Waals surface area contributed by atoms with Crippen LogP contribution in [0.3, 0.4) is 0 Å². The van der Waals surface area contributed by atoms with Crippen molar-refractivity contribution >= 4 is 24.0 Å². The van der Waals surface area contributed by atoms with Crippen molar-refractivity contribution in [2.24, 2.45) is 0 Å². The molecule has 12 heteroatoms. The Morgan fingerprint density at radius 2 is 1.44 bits per heavy atom. The maximum Gasteiger partial charge on any atom is 0.408 e. The third-order valence-corrected chi connectivity index (χ3v) is 5.46. The van der Waals surface area contributed by atoms with Gasteiger partial charge in [-0.1, -0.05) is 6.07 Å². The molecule has 1 aliphatic heterocycles. The van der Waals surface area contributed by atoms with Gasteiger partial charge in [0, 0.05) is 26.7 Å². The molecule has 0 saturated heterocycles. The van der Waals surface area contributed by atoms with Gasteiger partial charge in [0.2, 0.25) is 6.79 Å². The molecule has 6 atom stereocenters. The monoisotopic (exact) mass is 509 g/mol. The Bertz CT molecular complexity index is 1020. The van der Waals surface area contributed by atoms with Gasteiger partial charge in [-0.15, -0.1) is 0 Å². The van der Waals surface area contributed by atoms with Crippen LogP contribution in [-0.4, -0.2) is 72.0 Å². The molecular weight excluding hydrogens is 478 g/mol. The molecule has 0 aromatic heterocycles. The fraction of sp³-hybridized carbons (Fsp3) is 0.583. The van der Waals surface area contributed by atoms with Crippen LogP contribution in [0.15, 0.2) is 18.2 Å². The summed E-state index contributed by atoms with van der Waals surface area (Å²) in [4.78, 5) is 48.9. The summed E-state index contributed by atoms with van der Waals surface area (Å²) in [5, 5.41) is 13.9. The van der Waals surface area contributed by atoms with Crippen LogP contribution in [0.5, 0.6) is 11.5 Å². The summed E-state index contributed by atoms with van der Waals surface area (Å²) < 4.78 is 32.5. The fourth-order valence-corrected chi connectivity index (χ4v) is 4.33. The number of amides is 1. The zero-order valence-electron chi connectivity index (χ0n) is 20.9. The quantitative estimate of drug-likeness (QED) is 0.439. The molecule has 1 fully saturated rings. The van der Waals surface area contributed by atoms with Crippen molar-refractivity contribution in [2.45, 2.75) is 83.5 Å². The van der Waals surface area contributed by atoms with Crippen LogP contribution in [-0.2, 0) is 33.3 Å². The van der Waals surface area contributed by atoms with E-state index in [9.17, 15) is 24.3 Å². The number of esters is 3. The first-order valence-electron chi connectivity index (χ1n) is 11.4. The number of ether oxygens (including phenoxy) is 6. The third kappa shape index (κ3) is 6.36. The Morgan fingerprint density at radius 3 is 2.03 bits per heavy atom. The number of aliphatic hydroxyl groups excluding tert-OH is 1. The van der Waals surface area contributed by atoms with E-state index in [-0.39, 0.29) is 6.79 Å². The highest BCUT2D eigenvalue weighted by atomic mass is 16.7. The SMILES string of the molecule is CC(=O)OC1[C@H](O)[C@@H](OC(C)=O)[C@@H](OC(C)=O)[C@H](NC(=O)OC(C)(C)C)[C@H]1c1ccc2c(c1)OCO2. The first-order chi connectivity index (χ1) is 16.8. The van der Waals surface area contributed by atoms with Gasteiger partial charge in [0.05, 0.1) is 6.04 Å². The summed E-state index contributed by atoms with van der Waals surface area (Å²) in [6, 6.07) is 3.71. The molecule has 1 saturated carbocycles. The third-order valence-electron chi connectivity index (χ3n) is 5.46. The normalized spacial score (nSPS) is 27.0. The van der Waals surface area contributed by atoms with E-state index >= 15 is 0 Å². The van der Waals surface area contributed by atoms with E-state index in [1.54, 1.807) is 39.0 Å². The summed E-state index contributed by atoms with van der Waals surface area (Å²) in [6.45, 7) is 8.40. The van der Waals surface area contributed by atoms with Crippen LogP contribution in [0, 0.1) is 0 Å². The molecule has 3 rings (SSSR count). The number of hydrogen-bond donors (Lipinski definition) is 2. The van der Waals surface area contributed by atoms with Crippen LogP contribution in [0.1, 0.15) is 53.0 Å². The fourth-order valence-electron chi connectivity index (χ4n) is 4.33. The number of alkyl carbamates (subject to hydrolysis) is 1. The molecule has 12 nitrogen and oxygen atoms in total. The van der Waals surface area contributed by atoms with Crippen molar-refractivity contribution in [3.63, 3.8) is 0 Å². The summed E-state index contributed by atoms with van der Waals surface area (Å²) in [5.41, 5.74) is -0.405. The molecule has 1 aromatic carbocycles. The molecule has 198 valence electrons. The average molecular weight is 510 g/mol. The average Bonchev–Trinajstić information content (AvgIpc) is 3.19. The molecule has 1 heterocycles. The summed E-state index contributed by atoms with van der Waals surface area (Å²) in [6.07, 6.45) is -6.64. The van der Waals surface area contributed by atoms with Crippen LogP contribution in [0.4, 0.5) is 4.79 Å². The molecule has 1 aromatic rings. The maximum atomic E-state index is 12.9. The molecule has 2 aliphatic rings. The second-order valence-corrected chi connectivity index (χ2v) is 9.52. The van der Waals surface area contributed by atoms with Crippen LogP contribution in [0.2, 0.25) is 0 Å². The van der Waals surface area contributed by atoms with Crippen molar-refractivity contribution in [2.75, 3.05) is 6.79 Å². The highest BCUT2D eigenvalue weighted by molar-refractivity contribution is 5.70. The van der Waals surface area contributed by atoms with Gasteiger partial charge in [-0.05, 0) is 38.5 Å². The highest BCUT2D eigenvalue weighted by Gasteiger charge is 2.56. The largest absolute Gasteiger partial charge is 0.459 e. The van der Waals surface area contributed by atoms with E-state index in [2.05, 4.69) is 5.32 Å². The topological polar surface area (TPSA) is 156 Å². The smallest absolute Gasteiger partial charge is 0.408 e. The minimum Gasteiger partial charge on any atom is -0.459 e. The predicted octanol–water partition coefficient (Wildman–Crippen LogP) is 1.56. The number of nitrogens with one attached hydrogen (secondary N) is 1. The Balaban J connectivity index is 2.15. The molecule has 36 heavy (non-hydrogen) atoms. The van der Waals surface area contributed by atoms with Crippen LogP contribution >= 0.6 is 0 Å². The Hall–Kier alpha value is -3.54.